The molecule has 132 valence electrons. The van der Waals surface area contributed by atoms with Gasteiger partial charge in [0, 0.05) is 24.9 Å². The van der Waals surface area contributed by atoms with Gasteiger partial charge in [0.2, 0.25) is 0 Å². The van der Waals surface area contributed by atoms with E-state index < -0.39 is 0 Å². The lowest BCUT2D eigenvalue weighted by molar-refractivity contribution is -0.139. The van der Waals surface area contributed by atoms with E-state index in [-0.39, 0.29) is 11.9 Å². The van der Waals surface area contributed by atoms with Crippen LogP contribution in [0.3, 0.4) is 0 Å². The van der Waals surface area contributed by atoms with Crippen molar-refractivity contribution >= 4 is 17.6 Å². The maximum Gasteiger partial charge on any atom is 0.330 e. The minimum atomic E-state index is -0.389. The van der Waals surface area contributed by atoms with Crippen molar-refractivity contribution < 1.29 is 19.1 Å². The van der Waals surface area contributed by atoms with Crippen LogP contribution in [0.25, 0.3) is 0 Å². The van der Waals surface area contributed by atoms with E-state index in [4.69, 9.17) is 9.47 Å². The van der Waals surface area contributed by atoms with Crippen LogP contribution in [0.1, 0.15) is 25.7 Å². The van der Waals surface area contributed by atoms with E-state index >= 15 is 0 Å². The van der Waals surface area contributed by atoms with E-state index in [0.29, 0.717) is 13.2 Å². The first-order valence-corrected chi connectivity index (χ1v) is 7.95. The Kier molecular flexibility index (Phi) is 13.7. The van der Waals surface area contributed by atoms with E-state index in [1.165, 1.54) is 0 Å². The number of para-hydroxylation sites is 1. The molecule has 24 heavy (non-hydrogen) atoms. The molecule has 5 nitrogen and oxygen atoms in total. The molecule has 1 rings (SSSR count). The number of rotatable bonds is 10. The van der Waals surface area contributed by atoms with Crippen molar-refractivity contribution in [3.05, 3.63) is 55.6 Å². The first-order chi connectivity index (χ1) is 11.6. The Morgan fingerprint density at radius 1 is 0.917 bits per heavy atom. The second kappa shape index (κ2) is 15.3. The van der Waals surface area contributed by atoms with E-state index in [1.807, 2.05) is 37.4 Å². The summed E-state index contributed by atoms with van der Waals surface area (Å²) in [6, 6.07) is 10.1. The molecule has 0 radical (unpaired) electrons. The standard InChI is InChI=1S/C12H18O4.C7H9N/c1-3-11(13)15-9-7-5-6-8-10-16-12(14)4-2;1-8-7-5-3-2-4-6-7/h3-4H,1-2,5-10H2;2-6,8H,1H3. The van der Waals surface area contributed by atoms with Gasteiger partial charge >= 0.3 is 11.9 Å². The second-order valence-corrected chi connectivity index (χ2v) is 4.77. The lowest BCUT2D eigenvalue weighted by Crippen LogP contribution is -2.03. The Bertz CT molecular complexity index is 459. The Morgan fingerprint density at radius 3 is 1.71 bits per heavy atom. The maximum absolute atomic E-state index is 10.6. The highest BCUT2D eigenvalue weighted by Crippen LogP contribution is 2.02. The molecule has 0 aliphatic rings. The third-order valence-electron chi connectivity index (χ3n) is 2.92. The van der Waals surface area contributed by atoms with Gasteiger partial charge in [0.15, 0.2) is 0 Å². The second-order valence-electron chi connectivity index (χ2n) is 4.77. The first-order valence-electron chi connectivity index (χ1n) is 7.95. The van der Waals surface area contributed by atoms with Gasteiger partial charge in [-0.15, -0.1) is 0 Å². The fourth-order valence-corrected chi connectivity index (χ4v) is 1.63. The van der Waals surface area contributed by atoms with Crippen molar-refractivity contribution in [1.29, 1.82) is 0 Å². The van der Waals surface area contributed by atoms with Gasteiger partial charge < -0.3 is 14.8 Å². The molecule has 0 heterocycles. The average molecular weight is 333 g/mol. The summed E-state index contributed by atoms with van der Waals surface area (Å²) in [5.41, 5.74) is 1.16. The Hall–Kier alpha value is -2.56. The molecule has 0 aliphatic carbocycles. The zero-order valence-corrected chi connectivity index (χ0v) is 14.3. The highest BCUT2D eigenvalue weighted by atomic mass is 16.5. The molecule has 0 aromatic heterocycles. The maximum atomic E-state index is 10.6. The fraction of sp³-hybridized carbons (Fsp3) is 0.368. The number of nitrogens with one attached hydrogen (secondary N) is 1. The Morgan fingerprint density at radius 2 is 1.38 bits per heavy atom. The highest BCUT2D eigenvalue weighted by Gasteiger charge is 1.97. The lowest BCUT2D eigenvalue weighted by atomic mass is 10.2. The number of unbranched alkanes of at least 4 members (excludes halogenated alkanes) is 3. The van der Waals surface area contributed by atoms with E-state index in [9.17, 15) is 9.59 Å². The summed E-state index contributed by atoms with van der Waals surface area (Å²) in [5.74, 6) is -0.778. The number of carbonyl (C=O) groups is 2. The summed E-state index contributed by atoms with van der Waals surface area (Å²) in [7, 11) is 1.91. The van der Waals surface area contributed by atoms with Crippen LogP contribution in [-0.4, -0.2) is 32.2 Å². The molecule has 0 saturated carbocycles. The summed E-state index contributed by atoms with van der Waals surface area (Å²) < 4.78 is 9.60. The third-order valence-corrected chi connectivity index (χ3v) is 2.92. The van der Waals surface area contributed by atoms with Gasteiger partial charge in [-0.05, 0) is 37.8 Å². The Labute approximate surface area is 144 Å². The molecular weight excluding hydrogens is 306 g/mol. The molecule has 0 spiro atoms. The zero-order chi connectivity index (χ0) is 18.0. The largest absolute Gasteiger partial charge is 0.463 e. The number of ether oxygens (including phenoxy) is 2. The molecular formula is C19H27NO4. The van der Waals surface area contributed by atoms with E-state index in [0.717, 1.165) is 43.5 Å². The van der Waals surface area contributed by atoms with Gasteiger partial charge in [0.05, 0.1) is 13.2 Å². The molecule has 5 heteroatoms. The molecule has 0 aliphatic heterocycles. The summed E-state index contributed by atoms with van der Waals surface area (Å²) >= 11 is 0. The van der Waals surface area contributed by atoms with Crippen molar-refractivity contribution in [3.8, 4) is 0 Å². The highest BCUT2D eigenvalue weighted by molar-refractivity contribution is 5.81. The SMILES string of the molecule is C=CC(=O)OCCCCCCOC(=O)C=C.CNc1ccccc1. The lowest BCUT2D eigenvalue weighted by Gasteiger charge is -2.03. The summed E-state index contributed by atoms with van der Waals surface area (Å²) in [6.45, 7) is 7.41. The monoisotopic (exact) mass is 333 g/mol. The van der Waals surface area contributed by atoms with Crippen LogP contribution in [0.5, 0.6) is 0 Å². The van der Waals surface area contributed by atoms with Crippen LogP contribution >= 0.6 is 0 Å². The fourth-order valence-electron chi connectivity index (χ4n) is 1.63. The predicted octanol–water partition coefficient (Wildman–Crippen LogP) is 3.73. The number of anilines is 1. The molecule has 1 aromatic carbocycles. The molecule has 0 fully saturated rings. The summed E-state index contributed by atoms with van der Waals surface area (Å²) in [5, 5.41) is 3.03. The predicted molar refractivity (Wildman–Crippen MR) is 96.8 cm³/mol. The molecule has 0 atom stereocenters. The van der Waals surface area contributed by atoms with Crippen LogP contribution in [0, 0.1) is 0 Å². The van der Waals surface area contributed by atoms with Gasteiger partial charge in [0.1, 0.15) is 0 Å². The first kappa shape index (κ1) is 21.4. The van der Waals surface area contributed by atoms with Crippen molar-refractivity contribution in [2.75, 3.05) is 25.6 Å². The topological polar surface area (TPSA) is 64.6 Å². The van der Waals surface area contributed by atoms with Gasteiger partial charge in [0.25, 0.3) is 0 Å². The molecule has 1 N–H and O–H groups in total. The smallest absolute Gasteiger partial charge is 0.330 e. The molecule has 0 amide bonds. The van der Waals surface area contributed by atoms with Crippen LogP contribution in [-0.2, 0) is 19.1 Å². The van der Waals surface area contributed by atoms with Crippen LogP contribution in [0.4, 0.5) is 5.69 Å². The number of hydrogen-bond donors (Lipinski definition) is 1. The van der Waals surface area contributed by atoms with Gasteiger partial charge in [-0.1, -0.05) is 31.4 Å². The minimum Gasteiger partial charge on any atom is -0.463 e. The van der Waals surface area contributed by atoms with Crippen molar-refractivity contribution in [2.24, 2.45) is 0 Å². The van der Waals surface area contributed by atoms with Crippen molar-refractivity contribution in [1.82, 2.24) is 0 Å². The van der Waals surface area contributed by atoms with Gasteiger partial charge in [-0.25, -0.2) is 9.59 Å². The molecule has 0 bridgehead atoms. The third kappa shape index (κ3) is 13.1. The van der Waals surface area contributed by atoms with Gasteiger partial charge in [-0.2, -0.15) is 0 Å². The molecule has 0 saturated heterocycles. The van der Waals surface area contributed by atoms with Crippen LogP contribution in [0.2, 0.25) is 0 Å². The number of esters is 2. The number of carbonyl (C=O) groups excluding carboxylic acids is 2. The number of hydrogen-bond acceptors (Lipinski definition) is 5. The zero-order valence-electron chi connectivity index (χ0n) is 14.3. The molecule has 0 unspecified atom stereocenters. The van der Waals surface area contributed by atoms with Crippen LogP contribution < -0.4 is 5.32 Å². The molecule has 1 aromatic rings. The Balaban J connectivity index is 0.000000546. The van der Waals surface area contributed by atoms with E-state index in [2.05, 4.69) is 18.5 Å². The van der Waals surface area contributed by atoms with Gasteiger partial charge in [-0.3, -0.25) is 0 Å². The van der Waals surface area contributed by atoms with Crippen molar-refractivity contribution in [3.63, 3.8) is 0 Å². The number of benzene rings is 1. The van der Waals surface area contributed by atoms with Crippen LogP contribution in [0.15, 0.2) is 55.6 Å². The normalized spacial score (nSPS) is 9.04. The quantitative estimate of drug-likeness (QED) is 0.401. The summed E-state index contributed by atoms with van der Waals surface area (Å²) in [4.78, 5) is 21.3. The van der Waals surface area contributed by atoms with E-state index in [1.54, 1.807) is 0 Å². The summed E-state index contributed by atoms with van der Waals surface area (Å²) in [6.07, 6.45) is 5.81. The average Bonchev–Trinajstić information content (AvgIpc) is 2.64. The minimum absolute atomic E-state index is 0.389. The van der Waals surface area contributed by atoms with Crippen molar-refractivity contribution in [2.45, 2.75) is 25.7 Å².